The van der Waals surface area contributed by atoms with Crippen molar-refractivity contribution >= 4 is 0 Å². The molecule has 1 heterocycles. The minimum absolute atomic E-state index is 0.223. The van der Waals surface area contributed by atoms with E-state index in [0.29, 0.717) is 11.4 Å². The van der Waals surface area contributed by atoms with E-state index in [1.165, 1.54) is 24.6 Å². The van der Waals surface area contributed by atoms with Gasteiger partial charge in [-0.1, -0.05) is 6.58 Å². The number of benzene rings is 1. The summed E-state index contributed by atoms with van der Waals surface area (Å²) in [6.45, 7) is 3.42. The van der Waals surface area contributed by atoms with Crippen molar-refractivity contribution in [1.29, 1.82) is 0 Å². The summed E-state index contributed by atoms with van der Waals surface area (Å²) in [6.07, 6.45) is 2.75. The van der Waals surface area contributed by atoms with Crippen LogP contribution in [0.1, 0.15) is 0 Å². The Bertz CT molecular complexity index is 555. The van der Waals surface area contributed by atoms with E-state index in [4.69, 9.17) is 4.74 Å². The third-order valence-corrected chi connectivity index (χ3v) is 2.16. The fraction of sp³-hybridized carbons (Fsp3) is 0. The van der Waals surface area contributed by atoms with Gasteiger partial charge in [-0.25, -0.2) is 8.78 Å². The maximum absolute atomic E-state index is 13.5. The molecular formula is C13H9F2NO. The quantitative estimate of drug-likeness (QED) is 0.756. The van der Waals surface area contributed by atoms with E-state index in [1.54, 1.807) is 12.1 Å². The largest absolute Gasteiger partial charge is 0.465 e. The topological polar surface area (TPSA) is 22.1 Å². The first-order valence-electron chi connectivity index (χ1n) is 4.90. The van der Waals surface area contributed by atoms with Crippen LogP contribution in [0.2, 0.25) is 0 Å². The summed E-state index contributed by atoms with van der Waals surface area (Å²) in [5.41, 5.74) is 0.600. The molecule has 2 rings (SSSR count). The summed E-state index contributed by atoms with van der Waals surface area (Å²) in [7, 11) is 0. The van der Waals surface area contributed by atoms with Gasteiger partial charge < -0.3 is 4.74 Å². The lowest BCUT2D eigenvalue weighted by molar-refractivity contribution is 0.483. The average molecular weight is 233 g/mol. The maximum Gasteiger partial charge on any atom is 0.135 e. The van der Waals surface area contributed by atoms with Crippen LogP contribution in [0.4, 0.5) is 8.78 Å². The standard InChI is InChI=1S/C13H9F2NO/c1-2-17-10-5-6-16-13(8-10)11-4-3-9(14)7-12(11)15/h2-8H,1H2. The van der Waals surface area contributed by atoms with E-state index in [1.807, 2.05) is 0 Å². The second kappa shape index (κ2) is 4.74. The van der Waals surface area contributed by atoms with Gasteiger partial charge in [0.1, 0.15) is 17.4 Å². The third-order valence-electron chi connectivity index (χ3n) is 2.16. The van der Waals surface area contributed by atoms with Gasteiger partial charge in [0.25, 0.3) is 0 Å². The molecule has 0 bridgehead atoms. The molecule has 0 saturated carbocycles. The minimum Gasteiger partial charge on any atom is -0.465 e. The van der Waals surface area contributed by atoms with Gasteiger partial charge in [0.2, 0.25) is 0 Å². The highest BCUT2D eigenvalue weighted by atomic mass is 19.1. The number of hydrogen-bond donors (Lipinski definition) is 0. The molecule has 1 aromatic heterocycles. The van der Waals surface area contributed by atoms with Crippen LogP contribution in [-0.4, -0.2) is 4.98 Å². The third kappa shape index (κ3) is 2.47. The first kappa shape index (κ1) is 11.3. The molecule has 2 nitrogen and oxygen atoms in total. The lowest BCUT2D eigenvalue weighted by Gasteiger charge is -2.05. The Kier molecular flexibility index (Phi) is 3.14. The van der Waals surface area contributed by atoms with E-state index in [2.05, 4.69) is 11.6 Å². The molecule has 0 aliphatic heterocycles. The molecule has 0 saturated heterocycles. The SMILES string of the molecule is C=COc1ccnc(-c2ccc(F)cc2F)c1. The van der Waals surface area contributed by atoms with Crippen molar-refractivity contribution in [2.45, 2.75) is 0 Å². The minimum atomic E-state index is -0.659. The molecule has 0 spiro atoms. The van der Waals surface area contributed by atoms with Crippen LogP contribution in [0.15, 0.2) is 49.4 Å². The molecule has 0 atom stereocenters. The molecule has 1 aromatic carbocycles. The van der Waals surface area contributed by atoms with Gasteiger partial charge in [0, 0.05) is 23.9 Å². The summed E-state index contributed by atoms with van der Waals surface area (Å²) >= 11 is 0. The summed E-state index contributed by atoms with van der Waals surface area (Å²) in [5, 5.41) is 0. The highest BCUT2D eigenvalue weighted by Crippen LogP contribution is 2.24. The van der Waals surface area contributed by atoms with Gasteiger partial charge in [-0.15, -0.1) is 0 Å². The van der Waals surface area contributed by atoms with Gasteiger partial charge in [0.15, 0.2) is 0 Å². The molecule has 4 heteroatoms. The van der Waals surface area contributed by atoms with Crippen molar-refractivity contribution in [3.8, 4) is 17.0 Å². The Morgan fingerprint density at radius 1 is 1.18 bits per heavy atom. The molecule has 0 radical (unpaired) electrons. The fourth-order valence-electron chi connectivity index (χ4n) is 1.43. The maximum atomic E-state index is 13.5. The van der Waals surface area contributed by atoms with Gasteiger partial charge in [-0.2, -0.15) is 0 Å². The fourth-order valence-corrected chi connectivity index (χ4v) is 1.43. The molecule has 0 unspecified atom stereocenters. The average Bonchev–Trinajstić information content (AvgIpc) is 2.29. The normalized spacial score (nSPS) is 10.0. The molecule has 0 fully saturated rings. The monoisotopic (exact) mass is 233 g/mol. The van der Waals surface area contributed by atoms with Crippen molar-refractivity contribution in [1.82, 2.24) is 4.98 Å². The second-order valence-electron chi connectivity index (χ2n) is 3.29. The van der Waals surface area contributed by atoms with Gasteiger partial charge in [-0.05, 0) is 18.2 Å². The number of aromatic nitrogens is 1. The van der Waals surface area contributed by atoms with Crippen LogP contribution < -0.4 is 4.74 Å². The predicted octanol–water partition coefficient (Wildman–Crippen LogP) is 3.55. The summed E-state index contributed by atoms with van der Waals surface area (Å²) in [6, 6.07) is 6.51. The zero-order chi connectivity index (χ0) is 12.3. The lowest BCUT2D eigenvalue weighted by Crippen LogP contribution is -1.90. The molecule has 0 N–H and O–H groups in total. The van der Waals surface area contributed by atoms with Crippen LogP contribution in [0.25, 0.3) is 11.3 Å². The highest BCUT2D eigenvalue weighted by molar-refractivity contribution is 5.61. The number of halogens is 2. The van der Waals surface area contributed by atoms with Crippen molar-refractivity contribution in [3.05, 3.63) is 61.0 Å². The Morgan fingerprint density at radius 3 is 2.71 bits per heavy atom. The van der Waals surface area contributed by atoms with Crippen LogP contribution in [0, 0.1) is 11.6 Å². The van der Waals surface area contributed by atoms with Crippen molar-refractivity contribution < 1.29 is 13.5 Å². The number of pyridine rings is 1. The van der Waals surface area contributed by atoms with Crippen LogP contribution in [0.5, 0.6) is 5.75 Å². The zero-order valence-corrected chi connectivity index (χ0v) is 8.86. The molecular weight excluding hydrogens is 224 g/mol. The van der Waals surface area contributed by atoms with E-state index < -0.39 is 11.6 Å². The van der Waals surface area contributed by atoms with Crippen molar-refractivity contribution in [2.75, 3.05) is 0 Å². The van der Waals surface area contributed by atoms with Crippen molar-refractivity contribution in [2.24, 2.45) is 0 Å². The second-order valence-corrected chi connectivity index (χ2v) is 3.29. The van der Waals surface area contributed by atoms with Gasteiger partial charge in [0.05, 0.1) is 12.0 Å². The summed E-state index contributed by atoms with van der Waals surface area (Å²) in [5.74, 6) is -0.785. The van der Waals surface area contributed by atoms with E-state index >= 15 is 0 Å². The van der Waals surface area contributed by atoms with Crippen molar-refractivity contribution in [3.63, 3.8) is 0 Å². The first-order valence-corrected chi connectivity index (χ1v) is 4.90. The summed E-state index contributed by atoms with van der Waals surface area (Å²) < 4.78 is 31.3. The smallest absolute Gasteiger partial charge is 0.135 e. The Balaban J connectivity index is 2.45. The molecule has 0 amide bonds. The molecule has 0 aliphatic rings. The zero-order valence-electron chi connectivity index (χ0n) is 8.86. The Morgan fingerprint density at radius 2 is 2.00 bits per heavy atom. The van der Waals surface area contributed by atoms with E-state index in [-0.39, 0.29) is 5.56 Å². The predicted molar refractivity (Wildman–Crippen MR) is 60.4 cm³/mol. The summed E-state index contributed by atoms with van der Waals surface area (Å²) in [4.78, 5) is 4.01. The van der Waals surface area contributed by atoms with E-state index in [9.17, 15) is 8.78 Å². The number of nitrogens with zero attached hydrogens (tertiary/aromatic N) is 1. The number of rotatable bonds is 3. The Labute approximate surface area is 97.2 Å². The molecule has 86 valence electrons. The molecule has 17 heavy (non-hydrogen) atoms. The lowest BCUT2D eigenvalue weighted by atomic mass is 10.1. The van der Waals surface area contributed by atoms with Crippen LogP contribution in [-0.2, 0) is 0 Å². The molecule has 0 aliphatic carbocycles. The highest BCUT2D eigenvalue weighted by Gasteiger charge is 2.08. The van der Waals surface area contributed by atoms with Crippen LogP contribution >= 0.6 is 0 Å². The molecule has 2 aromatic rings. The Hall–Kier alpha value is -2.23. The van der Waals surface area contributed by atoms with E-state index in [0.717, 1.165) is 6.07 Å². The van der Waals surface area contributed by atoms with Gasteiger partial charge in [-0.3, -0.25) is 4.98 Å². The van der Waals surface area contributed by atoms with Crippen LogP contribution in [0.3, 0.4) is 0 Å². The number of hydrogen-bond acceptors (Lipinski definition) is 2. The first-order chi connectivity index (χ1) is 8.20. The number of ether oxygens (including phenoxy) is 1. The van der Waals surface area contributed by atoms with Gasteiger partial charge >= 0.3 is 0 Å².